The fraction of sp³-hybridized carbons (Fsp3) is 0.621. The molecule has 11 nitrogen and oxygen atoms in total. The summed E-state index contributed by atoms with van der Waals surface area (Å²) in [6.45, 7) is 5.69. The van der Waals surface area contributed by atoms with Gasteiger partial charge in [0.05, 0.1) is 26.3 Å². The Labute approximate surface area is 236 Å². The van der Waals surface area contributed by atoms with Crippen LogP contribution in [0.15, 0.2) is 30.6 Å². The van der Waals surface area contributed by atoms with Gasteiger partial charge in [0.15, 0.2) is 11.5 Å². The molecule has 2 amide bonds. The number of nitrogens with one attached hydrogen (secondary N) is 3. The van der Waals surface area contributed by atoms with Crippen molar-refractivity contribution in [2.45, 2.75) is 63.8 Å². The quantitative estimate of drug-likeness (QED) is 0.490. The van der Waals surface area contributed by atoms with E-state index in [-0.39, 0.29) is 24.0 Å². The molecule has 4 bridgehead atoms. The number of benzene rings is 1. The van der Waals surface area contributed by atoms with E-state index in [1.54, 1.807) is 14.2 Å². The maximum Gasteiger partial charge on any atom is 0.237 e. The first-order valence-corrected chi connectivity index (χ1v) is 14.4. The molecule has 1 aromatic heterocycles. The van der Waals surface area contributed by atoms with Crippen LogP contribution in [-0.2, 0) is 33.8 Å². The van der Waals surface area contributed by atoms with E-state index in [1.807, 2.05) is 30.6 Å². The third-order valence-electron chi connectivity index (χ3n) is 7.45. The Hall–Kier alpha value is -3.15. The van der Waals surface area contributed by atoms with E-state index in [2.05, 4.69) is 30.4 Å². The Kier molecular flexibility index (Phi) is 11.6. The molecule has 0 unspecified atom stereocenters. The van der Waals surface area contributed by atoms with Crippen LogP contribution < -0.4 is 25.4 Å². The molecule has 40 heavy (non-hydrogen) atoms. The molecule has 3 aliphatic rings. The highest BCUT2D eigenvalue weighted by Crippen LogP contribution is 2.30. The minimum Gasteiger partial charge on any atom is -0.493 e. The van der Waals surface area contributed by atoms with Crippen LogP contribution in [0, 0.1) is 0 Å². The number of carbonyl (C=O) groups is 2. The number of amides is 2. The van der Waals surface area contributed by atoms with Crippen molar-refractivity contribution >= 4 is 11.8 Å². The highest BCUT2D eigenvalue weighted by atomic mass is 16.5. The third-order valence-corrected chi connectivity index (χ3v) is 7.45. The molecule has 0 radical (unpaired) electrons. The summed E-state index contributed by atoms with van der Waals surface area (Å²) in [6, 6.07) is 5.52. The summed E-state index contributed by atoms with van der Waals surface area (Å²) in [5, 5.41) is 9.44. The SMILES string of the molecule is COCCn1ccnc1CN1CCCCNC(=O)[C@@H]2C[C@@H](CN2)Oc2ccc(cc2OC)CCC(=O)NCCC1. The van der Waals surface area contributed by atoms with E-state index < -0.39 is 0 Å². The van der Waals surface area contributed by atoms with E-state index in [1.165, 1.54) is 0 Å². The number of hydrogen-bond donors (Lipinski definition) is 3. The Morgan fingerprint density at radius 1 is 1.07 bits per heavy atom. The fourth-order valence-electron chi connectivity index (χ4n) is 5.16. The monoisotopic (exact) mass is 556 g/mol. The number of methoxy groups -OCH3 is 2. The second-order valence-corrected chi connectivity index (χ2v) is 10.4. The molecule has 5 rings (SSSR count). The molecule has 2 atom stereocenters. The molecule has 11 heteroatoms. The lowest BCUT2D eigenvalue weighted by molar-refractivity contribution is -0.123. The highest BCUT2D eigenvalue weighted by Gasteiger charge is 2.31. The first-order chi connectivity index (χ1) is 19.6. The van der Waals surface area contributed by atoms with Gasteiger partial charge >= 0.3 is 0 Å². The zero-order valence-electron chi connectivity index (χ0n) is 23.8. The minimum atomic E-state index is -0.269. The summed E-state index contributed by atoms with van der Waals surface area (Å²) in [4.78, 5) is 32.3. The van der Waals surface area contributed by atoms with Gasteiger partial charge in [0.2, 0.25) is 11.8 Å². The summed E-state index contributed by atoms with van der Waals surface area (Å²) in [5.41, 5.74) is 1.01. The van der Waals surface area contributed by atoms with Crippen molar-refractivity contribution in [2.75, 3.05) is 53.6 Å². The van der Waals surface area contributed by atoms with Crippen molar-refractivity contribution in [3.8, 4) is 11.5 Å². The van der Waals surface area contributed by atoms with Crippen LogP contribution in [-0.4, -0.2) is 92.0 Å². The van der Waals surface area contributed by atoms with Crippen molar-refractivity contribution in [1.82, 2.24) is 30.4 Å². The summed E-state index contributed by atoms with van der Waals surface area (Å²) in [5.74, 6) is 2.35. The lowest BCUT2D eigenvalue weighted by Crippen LogP contribution is -2.40. The number of nitrogens with zero attached hydrogens (tertiary/aromatic N) is 3. The zero-order chi connectivity index (χ0) is 28.2. The molecule has 0 saturated carbocycles. The number of rotatable bonds is 6. The lowest BCUT2D eigenvalue weighted by Gasteiger charge is -2.23. The molecule has 1 fully saturated rings. The Morgan fingerprint density at radius 3 is 2.77 bits per heavy atom. The zero-order valence-corrected chi connectivity index (χ0v) is 23.8. The summed E-state index contributed by atoms with van der Waals surface area (Å²) < 4.78 is 19.1. The van der Waals surface area contributed by atoms with Crippen LogP contribution in [0.4, 0.5) is 0 Å². The topological polar surface area (TPSA) is 119 Å². The van der Waals surface area contributed by atoms with Crippen LogP contribution in [0.3, 0.4) is 0 Å². The summed E-state index contributed by atoms with van der Waals surface area (Å²) in [6.07, 6.45) is 7.99. The molecule has 220 valence electrons. The Balaban J connectivity index is 1.39. The molecular weight excluding hydrogens is 512 g/mol. The Morgan fingerprint density at radius 2 is 1.93 bits per heavy atom. The van der Waals surface area contributed by atoms with Gasteiger partial charge in [-0.1, -0.05) is 6.07 Å². The van der Waals surface area contributed by atoms with Crippen LogP contribution in [0.2, 0.25) is 0 Å². The van der Waals surface area contributed by atoms with Gasteiger partial charge in [-0.25, -0.2) is 4.98 Å². The third kappa shape index (κ3) is 8.94. The van der Waals surface area contributed by atoms with Crippen molar-refractivity contribution in [3.05, 3.63) is 42.0 Å². The number of ether oxygens (including phenoxy) is 3. The average molecular weight is 557 g/mol. The number of carbonyl (C=O) groups excluding carboxylic acids is 2. The average Bonchev–Trinajstić information content (AvgIpc) is 3.62. The second-order valence-electron chi connectivity index (χ2n) is 10.4. The fourth-order valence-corrected chi connectivity index (χ4v) is 5.16. The molecule has 1 saturated heterocycles. The summed E-state index contributed by atoms with van der Waals surface area (Å²) in [7, 11) is 3.31. The van der Waals surface area contributed by atoms with Crippen LogP contribution in [0.25, 0.3) is 0 Å². The van der Waals surface area contributed by atoms with Crippen LogP contribution >= 0.6 is 0 Å². The molecule has 0 aliphatic carbocycles. The van der Waals surface area contributed by atoms with Gasteiger partial charge in [-0.05, 0) is 49.9 Å². The number of imidazole rings is 1. The van der Waals surface area contributed by atoms with E-state index >= 15 is 0 Å². The largest absolute Gasteiger partial charge is 0.493 e. The molecule has 4 heterocycles. The van der Waals surface area contributed by atoms with Crippen molar-refractivity contribution < 1.29 is 23.8 Å². The van der Waals surface area contributed by atoms with Gasteiger partial charge in [0.1, 0.15) is 11.9 Å². The maximum atomic E-state index is 12.8. The van der Waals surface area contributed by atoms with E-state index in [0.717, 1.165) is 56.8 Å². The Bertz CT molecular complexity index is 1090. The second kappa shape index (κ2) is 15.6. The molecule has 3 N–H and O–H groups in total. The van der Waals surface area contributed by atoms with Gasteiger partial charge in [0, 0.05) is 65.1 Å². The van der Waals surface area contributed by atoms with E-state index in [9.17, 15) is 9.59 Å². The predicted octanol–water partition coefficient (Wildman–Crippen LogP) is 1.50. The first-order valence-electron chi connectivity index (χ1n) is 14.4. The molecular formula is C29H44N6O5. The van der Waals surface area contributed by atoms with E-state index in [0.29, 0.717) is 57.0 Å². The minimum absolute atomic E-state index is 0.0170. The van der Waals surface area contributed by atoms with Gasteiger partial charge in [-0.2, -0.15) is 0 Å². The van der Waals surface area contributed by atoms with Gasteiger partial charge < -0.3 is 34.7 Å². The van der Waals surface area contributed by atoms with Crippen molar-refractivity contribution in [1.29, 1.82) is 0 Å². The standard InChI is InChI=1S/C29H44N6O5/c1-38-17-16-35-15-12-30-27(35)21-34-13-4-3-10-32-29(37)24-19-23(20-33-24)40-25-8-6-22(18-26(25)39-2)7-9-28(36)31-11-5-14-34/h6,8,12,15,18,23-24,33H,3-5,7,9-11,13-14,16-17,19-21H2,1-2H3,(H,31,36)(H,32,37)/t23-,24-/m0/s1. The number of hydrogen-bond acceptors (Lipinski definition) is 8. The van der Waals surface area contributed by atoms with Gasteiger partial charge in [-0.3, -0.25) is 14.5 Å². The van der Waals surface area contributed by atoms with Crippen molar-refractivity contribution in [2.24, 2.45) is 0 Å². The van der Waals surface area contributed by atoms with Crippen LogP contribution in [0.5, 0.6) is 11.5 Å². The lowest BCUT2D eigenvalue weighted by atomic mass is 10.1. The van der Waals surface area contributed by atoms with E-state index in [4.69, 9.17) is 14.2 Å². The molecule has 1 aromatic carbocycles. The van der Waals surface area contributed by atoms with Crippen LogP contribution in [0.1, 0.15) is 43.5 Å². The predicted molar refractivity (Wildman–Crippen MR) is 151 cm³/mol. The maximum absolute atomic E-state index is 12.8. The normalized spacial score (nSPS) is 22.1. The molecule has 2 aromatic rings. The summed E-state index contributed by atoms with van der Waals surface area (Å²) >= 11 is 0. The van der Waals surface area contributed by atoms with Gasteiger partial charge in [-0.15, -0.1) is 0 Å². The first kappa shape index (κ1) is 29.8. The van der Waals surface area contributed by atoms with Gasteiger partial charge in [0.25, 0.3) is 0 Å². The number of aryl methyl sites for hydroxylation is 1. The molecule has 0 spiro atoms. The molecule has 3 aliphatic heterocycles. The number of aromatic nitrogens is 2. The van der Waals surface area contributed by atoms with Crippen molar-refractivity contribution in [3.63, 3.8) is 0 Å². The smallest absolute Gasteiger partial charge is 0.237 e. The number of fused-ring (bicyclic) bond motifs is 15. The highest BCUT2D eigenvalue weighted by molar-refractivity contribution is 5.82.